The standard InChI is InChI=1S/C12H21N5/c1-9(2)14-12-16-11(8-13-17-12)15-10-6-4-3-5-7-10/h8-10H,3-7H2,1-2H3,(H2,14,15,16,17). The van der Waals surface area contributed by atoms with E-state index in [9.17, 15) is 0 Å². The molecule has 0 bridgehead atoms. The summed E-state index contributed by atoms with van der Waals surface area (Å²) in [6.07, 6.45) is 8.15. The van der Waals surface area contributed by atoms with Gasteiger partial charge in [0.15, 0.2) is 5.82 Å². The Hall–Kier alpha value is -1.39. The normalized spacial score (nSPS) is 17.1. The van der Waals surface area contributed by atoms with Crippen molar-refractivity contribution in [2.45, 2.75) is 58.0 Å². The second-order valence-corrected chi connectivity index (χ2v) is 4.94. The molecule has 0 saturated heterocycles. The average molecular weight is 235 g/mol. The molecule has 1 aromatic heterocycles. The van der Waals surface area contributed by atoms with Gasteiger partial charge in [-0.2, -0.15) is 10.1 Å². The van der Waals surface area contributed by atoms with Crippen molar-refractivity contribution in [1.29, 1.82) is 0 Å². The van der Waals surface area contributed by atoms with E-state index in [4.69, 9.17) is 0 Å². The van der Waals surface area contributed by atoms with Crippen molar-refractivity contribution in [1.82, 2.24) is 15.2 Å². The second kappa shape index (κ2) is 5.80. The molecule has 0 aliphatic heterocycles. The lowest BCUT2D eigenvalue weighted by Gasteiger charge is -2.23. The minimum Gasteiger partial charge on any atom is -0.366 e. The average Bonchev–Trinajstić information content (AvgIpc) is 2.30. The molecular formula is C12H21N5. The van der Waals surface area contributed by atoms with Gasteiger partial charge in [0.1, 0.15) is 0 Å². The first-order chi connectivity index (χ1) is 8.24. The Labute approximate surface area is 102 Å². The lowest BCUT2D eigenvalue weighted by Crippen LogP contribution is -2.23. The van der Waals surface area contributed by atoms with Gasteiger partial charge in [-0.3, -0.25) is 0 Å². The zero-order valence-electron chi connectivity index (χ0n) is 10.6. The van der Waals surface area contributed by atoms with E-state index in [1.165, 1.54) is 32.1 Å². The summed E-state index contributed by atoms with van der Waals surface area (Å²) in [6.45, 7) is 4.12. The molecule has 94 valence electrons. The summed E-state index contributed by atoms with van der Waals surface area (Å²) in [7, 11) is 0. The highest BCUT2D eigenvalue weighted by Gasteiger charge is 2.13. The van der Waals surface area contributed by atoms with Crippen molar-refractivity contribution in [2.24, 2.45) is 0 Å². The SMILES string of the molecule is CC(C)Nc1nncc(NC2CCCCC2)n1. The van der Waals surface area contributed by atoms with E-state index in [-0.39, 0.29) is 0 Å². The summed E-state index contributed by atoms with van der Waals surface area (Å²) in [5.74, 6) is 1.43. The fourth-order valence-electron chi connectivity index (χ4n) is 2.15. The van der Waals surface area contributed by atoms with Crippen LogP contribution in [0.1, 0.15) is 46.0 Å². The van der Waals surface area contributed by atoms with Gasteiger partial charge < -0.3 is 10.6 Å². The van der Waals surface area contributed by atoms with Crippen LogP contribution in [0.3, 0.4) is 0 Å². The maximum absolute atomic E-state index is 4.41. The zero-order valence-corrected chi connectivity index (χ0v) is 10.6. The van der Waals surface area contributed by atoms with Crippen molar-refractivity contribution in [3.05, 3.63) is 6.20 Å². The van der Waals surface area contributed by atoms with Gasteiger partial charge in [-0.25, -0.2) is 0 Å². The second-order valence-electron chi connectivity index (χ2n) is 4.94. The number of nitrogens with zero attached hydrogens (tertiary/aromatic N) is 3. The highest BCUT2D eigenvalue weighted by molar-refractivity contribution is 5.38. The first-order valence-electron chi connectivity index (χ1n) is 6.47. The van der Waals surface area contributed by atoms with Crippen molar-refractivity contribution in [2.75, 3.05) is 10.6 Å². The molecule has 5 heteroatoms. The smallest absolute Gasteiger partial charge is 0.244 e. The van der Waals surface area contributed by atoms with Gasteiger partial charge in [0.05, 0.1) is 6.20 Å². The van der Waals surface area contributed by atoms with Crippen LogP contribution in [-0.2, 0) is 0 Å². The monoisotopic (exact) mass is 235 g/mol. The van der Waals surface area contributed by atoms with Crippen LogP contribution in [0.25, 0.3) is 0 Å². The minimum atomic E-state index is 0.321. The fourth-order valence-corrected chi connectivity index (χ4v) is 2.15. The quantitative estimate of drug-likeness (QED) is 0.839. The van der Waals surface area contributed by atoms with Gasteiger partial charge in [0, 0.05) is 12.1 Å². The van der Waals surface area contributed by atoms with Crippen LogP contribution in [0, 0.1) is 0 Å². The van der Waals surface area contributed by atoms with Crippen LogP contribution in [0.15, 0.2) is 6.20 Å². The predicted molar refractivity (Wildman–Crippen MR) is 69.1 cm³/mol. The summed E-state index contributed by atoms with van der Waals surface area (Å²) in [5, 5.41) is 14.5. The molecule has 1 aliphatic rings. The first-order valence-corrected chi connectivity index (χ1v) is 6.47. The number of hydrogen-bond acceptors (Lipinski definition) is 5. The van der Waals surface area contributed by atoms with E-state index in [2.05, 4.69) is 39.7 Å². The Bertz CT molecular complexity index is 347. The van der Waals surface area contributed by atoms with Crippen LogP contribution in [-0.4, -0.2) is 27.3 Å². The van der Waals surface area contributed by atoms with E-state index in [1.54, 1.807) is 6.20 Å². The van der Waals surface area contributed by atoms with E-state index in [0.717, 1.165) is 5.82 Å². The summed E-state index contributed by atoms with van der Waals surface area (Å²) < 4.78 is 0. The van der Waals surface area contributed by atoms with Crippen molar-refractivity contribution >= 4 is 11.8 Å². The maximum atomic E-state index is 4.41. The van der Waals surface area contributed by atoms with E-state index < -0.39 is 0 Å². The van der Waals surface area contributed by atoms with Crippen LogP contribution in [0.2, 0.25) is 0 Å². The van der Waals surface area contributed by atoms with Gasteiger partial charge in [0.2, 0.25) is 5.95 Å². The largest absolute Gasteiger partial charge is 0.366 e. The summed E-state index contributed by atoms with van der Waals surface area (Å²) in [5.41, 5.74) is 0. The van der Waals surface area contributed by atoms with Crippen LogP contribution in [0.4, 0.5) is 11.8 Å². The highest BCUT2D eigenvalue weighted by Crippen LogP contribution is 2.20. The van der Waals surface area contributed by atoms with Gasteiger partial charge in [0.25, 0.3) is 0 Å². The molecule has 1 fully saturated rings. The van der Waals surface area contributed by atoms with Crippen molar-refractivity contribution in [3.63, 3.8) is 0 Å². The van der Waals surface area contributed by atoms with E-state index in [1.807, 2.05) is 0 Å². The van der Waals surface area contributed by atoms with Gasteiger partial charge >= 0.3 is 0 Å². The van der Waals surface area contributed by atoms with Crippen LogP contribution >= 0.6 is 0 Å². The fraction of sp³-hybridized carbons (Fsp3) is 0.750. The summed E-state index contributed by atoms with van der Waals surface area (Å²) in [4.78, 5) is 4.41. The molecule has 0 amide bonds. The third-order valence-corrected chi connectivity index (χ3v) is 2.93. The molecule has 1 aliphatic carbocycles. The molecule has 1 aromatic rings. The lowest BCUT2D eigenvalue weighted by molar-refractivity contribution is 0.461. The molecule has 2 N–H and O–H groups in total. The molecule has 1 saturated carbocycles. The molecular weight excluding hydrogens is 214 g/mol. The highest BCUT2D eigenvalue weighted by atomic mass is 15.3. The molecule has 0 aromatic carbocycles. The molecule has 1 heterocycles. The van der Waals surface area contributed by atoms with Gasteiger partial charge in [-0.05, 0) is 26.7 Å². The third-order valence-electron chi connectivity index (χ3n) is 2.93. The number of nitrogens with one attached hydrogen (secondary N) is 2. The summed E-state index contributed by atoms with van der Waals surface area (Å²) >= 11 is 0. The Balaban J connectivity index is 1.95. The minimum absolute atomic E-state index is 0.321. The Morgan fingerprint density at radius 3 is 2.71 bits per heavy atom. The van der Waals surface area contributed by atoms with Crippen LogP contribution in [0.5, 0.6) is 0 Å². The topological polar surface area (TPSA) is 62.7 Å². The molecule has 17 heavy (non-hydrogen) atoms. The number of hydrogen-bond donors (Lipinski definition) is 2. The molecule has 0 radical (unpaired) electrons. The Morgan fingerprint density at radius 1 is 1.24 bits per heavy atom. The zero-order chi connectivity index (χ0) is 12.1. The first kappa shape index (κ1) is 12.1. The van der Waals surface area contributed by atoms with Crippen molar-refractivity contribution < 1.29 is 0 Å². The molecule has 2 rings (SSSR count). The number of rotatable bonds is 4. The van der Waals surface area contributed by atoms with E-state index in [0.29, 0.717) is 18.0 Å². The number of anilines is 2. The number of aromatic nitrogens is 3. The molecule has 0 atom stereocenters. The van der Waals surface area contributed by atoms with Crippen LogP contribution < -0.4 is 10.6 Å². The third kappa shape index (κ3) is 3.84. The Kier molecular flexibility index (Phi) is 4.12. The van der Waals surface area contributed by atoms with Gasteiger partial charge in [-0.1, -0.05) is 19.3 Å². The maximum Gasteiger partial charge on any atom is 0.244 e. The van der Waals surface area contributed by atoms with E-state index >= 15 is 0 Å². The molecule has 0 spiro atoms. The summed E-state index contributed by atoms with van der Waals surface area (Å²) in [6, 6.07) is 0.870. The Morgan fingerprint density at radius 2 is 2.00 bits per heavy atom. The van der Waals surface area contributed by atoms with Gasteiger partial charge in [-0.15, -0.1) is 5.10 Å². The predicted octanol–water partition coefficient (Wildman–Crippen LogP) is 2.44. The van der Waals surface area contributed by atoms with Crippen molar-refractivity contribution in [3.8, 4) is 0 Å². The molecule has 5 nitrogen and oxygen atoms in total. The molecule has 0 unspecified atom stereocenters. The lowest BCUT2D eigenvalue weighted by atomic mass is 9.96.